The molecule has 40 heavy (non-hydrogen) atoms. The summed E-state index contributed by atoms with van der Waals surface area (Å²) in [6.45, 7) is 6.39. The van der Waals surface area contributed by atoms with E-state index < -0.39 is 6.09 Å². The zero-order valence-electron chi connectivity index (χ0n) is 23.6. The molecule has 2 aromatic carbocycles. The summed E-state index contributed by atoms with van der Waals surface area (Å²) in [7, 11) is 4.62. The highest BCUT2D eigenvalue weighted by Crippen LogP contribution is 2.39. The molecule has 0 saturated carbocycles. The third kappa shape index (κ3) is 4.94. The Bertz CT molecular complexity index is 1450. The molecular formula is C30H36N4O6. The zero-order valence-corrected chi connectivity index (χ0v) is 23.6. The zero-order chi connectivity index (χ0) is 28.7. The van der Waals surface area contributed by atoms with Gasteiger partial charge in [0.2, 0.25) is 5.91 Å². The Morgan fingerprint density at radius 2 is 1.62 bits per heavy atom. The Balaban J connectivity index is 1.35. The molecule has 10 heteroatoms. The predicted octanol–water partition coefficient (Wildman–Crippen LogP) is 4.12. The number of methoxy groups -OCH3 is 2. The van der Waals surface area contributed by atoms with Gasteiger partial charge in [-0.25, -0.2) is 4.79 Å². The van der Waals surface area contributed by atoms with E-state index in [1.165, 1.54) is 7.05 Å². The molecule has 3 amide bonds. The molecule has 0 spiro atoms. The number of carbonyl (C=O) groups excluding carboxylic acids is 2. The summed E-state index contributed by atoms with van der Waals surface area (Å²) < 4.78 is 10.9. The van der Waals surface area contributed by atoms with Gasteiger partial charge in [-0.1, -0.05) is 13.8 Å². The molecule has 2 aliphatic rings. The van der Waals surface area contributed by atoms with Crippen LogP contribution >= 0.6 is 0 Å². The number of ether oxygens (including phenoxy) is 2. The number of likely N-dealkylation sites (tertiary alicyclic amines) is 2. The first-order valence-corrected chi connectivity index (χ1v) is 13.5. The van der Waals surface area contributed by atoms with E-state index in [4.69, 9.17) is 14.6 Å². The maximum Gasteiger partial charge on any atom is 0.407 e. The monoisotopic (exact) mass is 548 g/mol. The van der Waals surface area contributed by atoms with Crippen LogP contribution in [0.25, 0.3) is 22.2 Å². The summed E-state index contributed by atoms with van der Waals surface area (Å²) in [6.07, 6.45) is -1.12. The van der Waals surface area contributed by atoms with Gasteiger partial charge < -0.3 is 34.3 Å². The van der Waals surface area contributed by atoms with Crippen molar-refractivity contribution in [1.29, 1.82) is 0 Å². The molecular weight excluding hydrogens is 512 g/mol. The molecule has 2 atom stereocenters. The lowest BCUT2D eigenvalue weighted by Gasteiger charge is -2.23. The number of fused-ring (bicyclic) bond motifs is 2. The lowest BCUT2D eigenvalue weighted by Crippen LogP contribution is -2.41. The minimum atomic E-state index is -1.12. The normalized spacial score (nSPS) is 18.4. The van der Waals surface area contributed by atoms with E-state index in [9.17, 15) is 14.4 Å². The Morgan fingerprint density at radius 1 is 0.975 bits per heavy atom. The van der Waals surface area contributed by atoms with Crippen LogP contribution in [0.5, 0.6) is 11.5 Å². The van der Waals surface area contributed by atoms with Crippen LogP contribution in [-0.4, -0.2) is 96.7 Å². The highest BCUT2D eigenvalue weighted by atomic mass is 16.5. The van der Waals surface area contributed by atoms with Gasteiger partial charge in [-0.05, 0) is 47.9 Å². The van der Waals surface area contributed by atoms with Crippen LogP contribution in [0.15, 0.2) is 36.4 Å². The number of amides is 3. The van der Waals surface area contributed by atoms with E-state index in [1.54, 1.807) is 19.1 Å². The van der Waals surface area contributed by atoms with Crippen molar-refractivity contribution < 1.29 is 29.0 Å². The minimum absolute atomic E-state index is 0.0108. The third-order valence-corrected chi connectivity index (χ3v) is 8.16. The average Bonchev–Trinajstić information content (AvgIpc) is 3.63. The van der Waals surface area contributed by atoms with Crippen LogP contribution in [0.3, 0.4) is 0 Å². The first-order chi connectivity index (χ1) is 19.1. The Labute approximate surface area is 233 Å². The fraction of sp³-hybridized carbons (Fsp3) is 0.433. The van der Waals surface area contributed by atoms with Gasteiger partial charge >= 0.3 is 6.09 Å². The molecule has 3 heterocycles. The number of benzene rings is 2. The fourth-order valence-corrected chi connectivity index (χ4v) is 6.08. The van der Waals surface area contributed by atoms with E-state index in [2.05, 4.69) is 18.8 Å². The number of nitrogens with one attached hydrogen (secondary N) is 1. The largest absolute Gasteiger partial charge is 0.493 e. The van der Waals surface area contributed by atoms with Crippen LogP contribution < -0.4 is 9.47 Å². The summed E-state index contributed by atoms with van der Waals surface area (Å²) in [4.78, 5) is 45.4. The number of nitrogens with zero attached hydrogens (tertiary/aromatic N) is 3. The van der Waals surface area contributed by atoms with Crippen LogP contribution in [0.2, 0.25) is 0 Å². The van der Waals surface area contributed by atoms with E-state index in [0.29, 0.717) is 43.2 Å². The summed E-state index contributed by atoms with van der Waals surface area (Å²) in [5.41, 5.74) is 4.71. The molecule has 1 aromatic heterocycles. The molecule has 0 radical (unpaired) electrons. The van der Waals surface area contributed by atoms with E-state index >= 15 is 0 Å². The highest BCUT2D eigenvalue weighted by molar-refractivity contribution is 6.01. The first-order valence-electron chi connectivity index (χ1n) is 13.5. The topological polar surface area (TPSA) is 115 Å². The van der Waals surface area contributed by atoms with Crippen molar-refractivity contribution in [1.82, 2.24) is 19.7 Å². The lowest BCUT2D eigenvalue weighted by molar-refractivity contribution is -0.131. The molecule has 3 aromatic rings. The molecule has 2 fully saturated rings. The van der Waals surface area contributed by atoms with Crippen molar-refractivity contribution >= 4 is 28.8 Å². The number of hydrogen-bond acceptors (Lipinski definition) is 5. The Hall–Kier alpha value is -4.21. The van der Waals surface area contributed by atoms with Gasteiger partial charge in [-0.2, -0.15) is 0 Å². The van der Waals surface area contributed by atoms with Crippen molar-refractivity contribution in [3.05, 3.63) is 47.5 Å². The summed E-state index contributed by atoms with van der Waals surface area (Å²) in [6, 6.07) is 11.7. The van der Waals surface area contributed by atoms with Crippen molar-refractivity contribution in [3.8, 4) is 22.8 Å². The van der Waals surface area contributed by atoms with Crippen molar-refractivity contribution in [2.45, 2.75) is 19.8 Å². The second-order valence-corrected chi connectivity index (χ2v) is 11.1. The lowest BCUT2D eigenvalue weighted by atomic mass is 9.95. The number of aromatic nitrogens is 1. The fourth-order valence-electron chi connectivity index (χ4n) is 6.08. The van der Waals surface area contributed by atoms with E-state index in [1.807, 2.05) is 41.3 Å². The second-order valence-electron chi connectivity index (χ2n) is 11.1. The van der Waals surface area contributed by atoms with Crippen LogP contribution in [-0.2, 0) is 4.79 Å². The molecule has 2 saturated heterocycles. The van der Waals surface area contributed by atoms with Crippen molar-refractivity contribution in [3.63, 3.8) is 0 Å². The molecule has 212 valence electrons. The van der Waals surface area contributed by atoms with Crippen LogP contribution in [0.4, 0.5) is 4.79 Å². The van der Waals surface area contributed by atoms with Gasteiger partial charge in [-0.15, -0.1) is 0 Å². The molecule has 2 unspecified atom stereocenters. The Morgan fingerprint density at radius 3 is 2.23 bits per heavy atom. The number of H-pyrrole nitrogens is 1. The van der Waals surface area contributed by atoms with Crippen molar-refractivity contribution in [2.75, 3.05) is 54.0 Å². The maximum absolute atomic E-state index is 13.6. The number of likely N-dealkylation sites (N-methyl/N-ethyl adjacent to an activating group) is 1. The van der Waals surface area contributed by atoms with Gasteiger partial charge in [0, 0.05) is 67.1 Å². The predicted molar refractivity (Wildman–Crippen MR) is 151 cm³/mol. The third-order valence-electron chi connectivity index (χ3n) is 8.16. The summed E-state index contributed by atoms with van der Waals surface area (Å²) in [5, 5.41) is 10.1. The number of carboxylic acid groups (broad SMARTS) is 1. The summed E-state index contributed by atoms with van der Waals surface area (Å²) in [5.74, 6) is 1.71. The molecule has 5 rings (SSSR count). The number of hydrogen-bond donors (Lipinski definition) is 2. The van der Waals surface area contributed by atoms with E-state index in [0.717, 1.165) is 32.6 Å². The Kier molecular flexibility index (Phi) is 7.35. The molecule has 0 aliphatic carbocycles. The van der Waals surface area contributed by atoms with Gasteiger partial charge in [-0.3, -0.25) is 9.59 Å². The molecule has 2 N–H and O–H groups in total. The number of aromatic amines is 1. The second kappa shape index (κ2) is 10.7. The highest BCUT2D eigenvalue weighted by Gasteiger charge is 2.43. The van der Waals surface area contributed by atoms with Gasteiger partial charge in [0.25, 0.3) is 5.91 Å². The van der Waals surface area contributed by atoms with Crippen molar-refractivity contribution in [2.24, 2.45) is 11.8 Å². The van der Waals surface area contributed by atoms with Gasteiger partial charge in [0.1, 0.15) is 6.54 Å². The smallest absolute Gasteiger partial charge is 0.407 e. The molecule has 0 bridgehead atoms. The maximum atomic E-state index is 13.6. The molecule has 10 nitrogen and oxygen atoms in total. The van der Waals surface area contributed by atoms with E-state index in [-0.39, 0.29) is 36.1 Å². The standard InChI is InChI=1S/C30H36N4O6/c1-17(2)27-22-10-19(6-8-23(22)31-28(27)18-7-9-24(39-4)25(11-18)40-5)29(36)34-14-20-12-33(13-21(20)15-34)26(35)16-32(3)30(37)38/h6-11,17,20-21,31H,12-16H2,1-5H3,(H,37,38). The SMILES string of the molecule is COc1ccc(-c2[nH]c3ccc(C(=O)N4CC5CN(C(=O)CN(C)C(=O)O)CC5C4)cc3c2C(C)C)cc1OC. The van der Waals surface area contributed by atoms with Crippen LogP contribution in [0, 0.1) is 11.8 Å². The minimum Gasteiger partial charge on any atom is -0.493 e. The quantitative estimate of drug-likeness (QED) is 0.459. The van der Waals surface area contributed by atoms with Gasteiger partial charge in [0.05, 0.1) is 19.9 Å². The number of rotatable bonds is 7. The molecule has 2 aliphatic heterocycles. The summed E-state index contributed by atoms with van der Waals surface area (Å²) >= 11 is 0. The number of carbonyl (C=O) groups is 3. The first kappa shape index (κ1) is 27.4. The van der Waals surface area contributed by atoms with Crippen LogP contribution in [0.1, 0.15) is 35.7 Å². The average molecular weight is 549 g/mol. The van der Waals surface area contributed by atoms with Gasteiger partial charge in [0.15, 0.2) is 11.5 Å².